The lowest BCUT2D eigenvalue weighted by Gasteiger charge is -2.05. The van der Waals surface area contributed by atoms with Crippen LogP contribution in [0.5, 0.6) is 0 Å². The van der Waals surface area contributed by atoms with Crippen LogP contribution in [-0.4, -0.2) is 23.4 Å². The van der Waals surface area contributed by atoms with Crippen molar-refractivity contribution in [2.24, 2.45) is 0 Å². The fraction of sp³-hybridized carbons (Fsp3) is 0.125. The average Bonchev–Trinajstić information content (AvgIpc) is 2.98. The van der Waals surface area contributed by atoms with Gasteiger partial charge in [-0.1, -0.05) is 24.3 Å². The van der Waals surface area contributed by atoms with E-state index in [1.54, 1.807) is 12.1 Å². The molecule has 24 heavy (non-hydrogen) atoms. The normalized spacial score (nSPS) is 11.6. The molecule has 0 spiro atoms. The van der Waals surface area contributed by atoms with Crippen molar-refractivity contribution < 1.29 is 12.8 Å². The largest absolute Gasteiger partial charge is 0.381 e. The molecule has 0 aliphatic carbocycles. The topological polar surface area (TPSA) is 90.9 Å². The number of aryl methyl sites for hydroxylation is 1. The Hall–Kier alpha value is -2.74. The molecule has 8 heteroatoms. The molecule has 0 fully saturated rings. The molecule has 3 rings (SSSR count). The summed E-state index contributed by atoms with van der Waals surface area (Å²) in [5.74, 6) is -0.539. The Bertz CT molecular complexity index is 964. The number of nitrogens with zero attached hydrogens (tertiary/aromatic N) is 3. The van der Waals surface area contributed by atoms with Gasteiger partial charge in [-0.2, -0.15) is 4.68 Å². The van der Waals surface area contributed by atoms with Crippen LogP contribution in [0, 0.1) is 5.82 Å². The smallest absolute Gasteiger partial charge is 0.229 e. The van der Waals surface area contributed by atoms with Crippen LogP contribution < -0.4 is 5.73 Å². The summed E-state index contributed by atoms with van der Waals surface area (Å²) in [5.41, 5.74) is 7.36. The number of nitrogens with two attached hydrogens (primary N) is 1. The molecular weight excluding hydrogens is 331 g/mol. The van der Waals surface area contributed by atoms with Gasteiger partial charge in [0.25, 0.3) is 0 Å². The average molecular weight is 346 g/mol. The van der Waals surface area contributed by atoms with Gasteiger partial charge in [0, 0.05) is 0 Å². The lowest BCUT2D eigenvalue weighted by molar-refractivity contribution is 0.592. The van der Waals surface area contributed by atoms with Gasteiger partial charge in [-0.15, -0.1) is 5.10 Å². The monoisotopic (exact) mass is 346 g/mol. The first kappa shape index (κ1) is 16.1. The highest BCUT2D eigenvalue weighted by Crippen LogP contribution is 2.25. The molecule has 1 aromatic heterocycles. The molecule has 0 atom stereocenters. The maximum Gasteiger partial charge on any atom is 0.229 e. The lowest BCUT2D eigenvalue weighted by Crippen LogP contribution is -2.08. The standard InChI is InChI=1S/C16H15FN4O2S/c1-2-11-3-9-14(10-4-11)24(22,23)16-15(18)21(20-19-16)13-7-5-12(17)6-8-13/h3-10H,2,18H2,1H3. The molecule has 0 amide bonds. The summed E-state index contributed by atoms with van der Waals surface area (Å²) < 4.78 is 39.6. The highest BCUT2D eigenvalue weighted by Gasteiger charge is 2.26. The molecule has 6 nitrogen and oxygen atoms in total. The number of hydrogen-bond donors (Lipinski definition) is 1. The first-order valence-corrected chi connectivity index (χ1v) is 8.73. The van der Waals surface area contributed by atoms with Gasteiger partial charge in [-0.3, -0.25) is 0 Å². The third-order valence-corrected chi connectivity index (χ3v) is 5.33. The number of hydrogen-bond acceptors (Lipinski definition) is 5. The minimum Gasteiger partial charge on any atom is -0.381 e. The quantitative estimate of drug-likeness (QED) is 0.783. The van der Waals surface area contributed by atoms with E-state index in [2.05, 4.69) is 10.3 Å². The second kappa shape index (κ2) is 6.04. The first-order valence-electron chi connectivity index (χ1n) is 7.24. The van der Waals surface area contributed by atoms with Gasteiger partial charge in [-0.25, -0.2) is 12.8 Å². The summed E-state index contributed by atoms with van der Waals surface area (Å²) >= 11 is 0. The van der Waals surface area contributed by atoms with Crippen LogP contribution in [0.4, 0.5) is 10.2 Å². The van der Waals surface area contributed by atoms with Crippen molar-refractivity contribution in [3.8, 4) is 5.69 Å². The second-order valence-corrected chi connectivity index (χ2v) is 7.03. The second-order valence-electron chi connectivity index (χ2n) is 5.17. The molecule has 124 valence electrons. The van der Waals surface area contributed by atoms with E-state index >= 15 is 0 Å². The molecule has 3 aromatic rings. The van der Waals surface area contributed by atoms with E-state index in [0.717, 1.165) is 16.7 Å². The van der Waals surface area contributed by atoms with Crippen molar-refractivity contribution in [1.82, 2.24) is 15.0 Å². The van der Waals surface area contributed by atoms with Crippen LogP contribution in [0.15, 0.2) is 58.5 Å². The van der Waals surface area contributed by atoms with Gasteiger partial charge >= 0.3 is 0 Å². The Morgan fingerprint density at radius 1 is 1.08 bits per heavy atom. The zero-order chi connectivity index (χ0) is 17.3. The maximum absolute atomic E-state index is 13.0. The van der Waals surface area contributed by atoms with Gasteiger partial charge < -0.3 is 5.73 Å². The van der Waals surface area contributed by atoms with Crippen LogP contribution in [0.25, 0.3) is 5.69 Å². The Kier molecular flexibility index (Phi) is 4.06. The molecular formula is C16H15FN4O2S. The number of aromatic nitrogens is 3. The maximum atomic E-state index is 13.0. The fourth-order valence-corrected chi connectivity index (χ4v) is 3.48. The predicted molar refractivity (Wildman–Crippen MR) is 87.0 cm³/mol. The van der Waals surface area contributed by atoms with E-state index in [1.165, 1.54) is 36.4 Å². The summed E-state index contributed by atoms with van der Waals surface area (Å²) in [6.07, 6.45) is 0.809. The van der Waals surface area contributed by atoms with Crippen molar-refractivity contribution in [1.29, 1.82) is 0 Å². The number of nitrogen functional groups attached to an aromatic ring is 1. The summed E-state index contributed by atoms with van der Waals surface area (Å²) in [5, 5.41) is 7.17. The molecule has 0 bridgehead atoms. The molecule has 0 unspecified atom stereocenters. The Balaban J connectivity index is 2.04. The van der Waals surface area contributed by atoms with E-state index in [9.17, 15) is 12.8 Å². The molecule has 0 aliphatic heterocycles. The van der Waals surface area contributed by atoms with E-state index in [4.69, 9.17) is 5.73 Å². The Labute approximate surface area is 138 Å². The highest BCUT2D eigenvalue weighted by molar-refractivity contribution is 7.91. The van der Waals surface area contributed by atoms with Gasteiger partial charge in [0.15, 0.2) is 5.82 Å². The summed E-state index contributed by atoms with van der Waals surface area (Å²) in [7, 11) is -3.88. The summed E-state index contributed by atoms with van der Waals surface area (Å²) in [6, 6.07) is 11.9. The highest BCUT2D eigenvalue weighted by atomic mass is 32.2. The number of anilines is 1. The van der Waals surface area contributed by atoms with Crippen molar-refractivity contribution in [2.45, 2.75) is 23.3 Å². The van der Waals surface area contributed by atoms with Crippen LogP contribution in [0.3, 0.4) is 0 Å². The molecule has 0 aliphatic rings. The van der Waals surface area contributed by atoms with Crippen molar-refractivity contribution >= 4 is 15.7 Å². The van der Waals surface area contributed by atoms with Gasteiger partial charge in [0.1, 0.15) is 5.82 Å². The number of sulfone groups is 1. The van der Waals surface area contributed by atoms with Crippen molar-refractivity contribution in [3.05, 3.63) is 59.9 Å². The van der Waals surface area contributed by atoms with Crippen LogP contribution in [-0.2, 0) is 16.3 Å². The van der Waals surface area contributed by atoms with Crippen LogP contribution in [0.2, 0.25) is 0 Å². The molecule has 2 aromatic carbocycles. The third kappa shape index (κ3) is 2.76. The van der Waals surface area contributed by atoms with Crippen molar-refractivity contribution in [3.63, 3.8) is 0 Å². The first-order chi connectivity index (χ1) is 11.4. The van der Waals surface area contributed by atoms with E-state index < -0.39 is 15.7 Å². The van der Waals surface area contributed by atoms with E-state index in [0.29, 0.717) is 5.69 Å². The van der Waals surface area contributed by atoms with Crippen LogP contribution in [0.1, 0.15) is 12.5 Å². The fourth-order valence-electron chi connectivity index (χ4n) is 2.26. The number of rotatable bonds is 4. The Morgan fingerprint density at radius 3 is 2.29 bits per heavy atom. The number of benzene rings is 2. The SMILES string of the molecule is CCc1ccc(S(=O)(=O)c2nnn(-c3ccc(F)cc3)c2N)cc1. The zero-order valence-corrected chi connectivity index (χ0v) is 13.7. The molecule has 2 N–H and O–H groups in total. The van der Waals surface area contributed by atoms with Gasteiger partial charge in [0.2, 0.25) is 14.9 Å². The lowest BCUT2D eigenvalue weighted by atomic mass is 10.2. The number of halogens is 1. The Morgan fingerprint density at radius 2 is 1.71 bits per heavy atom. The van der Waals surface area contributed by atoms with Crippen molar-refractivity contribution in [2.75, 3.05) is 5.73 Å². The van der Waals surface area contributed by atoms with Gasteiger partial charge in [0.05, 0.1) is 10.6 Å². The summed E-state index contributed by atoms with van der Waals surface area (Å²) in [4.78, 5) is 0.0950. The van der Waals surface area contributed by atoms with Crippen LogP contribution >= 0.6 is 0 Å². The van der Waals surface area contributed by atoms with E-state index in [-0.39, 0.29) is 15.7 Å². The molecule has 0 saturated carbocycles. The molecule has 0 saturated heterocycles. The van der Waals surface area contributed by atoms with Gasteiger partial charge in [-0.05, 0) is 48.4 Å². The van der Waals surface area contributed by atoms with E-state index in [1.807, 2.05) is 6.92 Å². The third-order valence-electron chi connectivity index (χ3n) is 3.64. The zero-order valence-electron chi connectivity index (χ0n) is 12.8. The predicted octanol–water partition coefficient (Wildman–Crippen LogP) is 2.38. The summed E-state index contributed by atoms with van der Waals surface area (Å²) in [6.45, 7) is 1.98. The minimum atomic E-state index is -3.88. The molecule has 0 radical (unpaired) electrons. The molecule has 1 heterocycles. The minimum absolute atomic E-state index is 0.0950.